The number of amides is 1. The van der Waals surface area contributed by atoms with Crippen LogP contribution in [0.4, 0.5) is 0 Å². The number of carbonyl (C=O) groups is 1. The van der Waals surface area contributed by atoms with Crippen molar-refractivity contribution in [2.45, 2.75) is 45.3 Å². The summed E-state index contributed by atoms with van der Waals surface area (Å²) in [6, 6.07) is 0. The summed E-state index contributed by atoms with van der Waals surface area (Å²) >= 11 is 1.81. The minimum atomic E-state index is -3.18. The van der Waals surface area contributed by atoms with Gasteiger partial charge in [-0.05, 0) is 19.8 Å². The van der Waals surface area contributed by atoms with Crippen molar-refractivity contribution in [3.63, 3.8) is 0 Å². The first kappa shape index (κ1) is 18.8. The summed E-state index contributed by atoms with van der Waals surface area (Å²) in [5, 5.41) is 2.93. The number of hydrogen-bond donors (Lipinski definition) is 1. The lowest BCUT2D eigenvalue weighted by molar-refractivity contribution is -0.125. The molecule has 1 aliphatic heterocycles. The van der Waals surface area contributed by atoms with E-state index in [2.05, 4.69) is 26.1 Å². The van der Waals surface area contributed by atoms with Crippen LogP contribution < -0.4 is 5.32 Å². The fourth-order valence-electron chi connectivity index (χ4n) is 2.27. The lowest BCUT2D eigenvalue weighted by atomic mass is 9.99. The zero-order chi connectivity index (χ0) is 16.1. The Kier molecular flexibility index (Phi) is 7.00. The molecule has 5 nitrogen and oxygen atoms in total. The molecule has 1 atom stereocenters. The first-order chi connectivity index (χ1) is 9.65. The lowest BCUT2D eigenvalue weighted by Crippen LogP contribution is -2.46. The number of hydrogen-bond acceptors (Lipinski definition) is 4. The average Bonchev–Trinajstić information content (AvgIpc) is 2.42. The van der Waals surface area contributed by atoms with Crippen LogP contribution in [0.25, 0.3) is 0 Å². The average molecular weight is 337 g/mol. The molecule has 7 heteroatoms. The highest BCUT2D eigenvalue weighted by Gasteiger charge is 2.31. The molecule has 1 unspecified atom stereocenters. The van der Waals surface area contributed by atoms with Crippen LogP contribution >= 0.6 is 11.8 Å². The third-order valence-corrected chi connectivity index (χ3v) is 6.57. The minimum absolute atomic E-state index is 0.0134. The van der Waals surface area contributed by atoms with Crippen molar-refractivity contribution in [3.05, 3.63) is 0 Å². The molecule has 21 heavy (non-hydrogen) atoms. The van der Waals surface area contributed by atoms with E-state index in [0.717, 1.165) is 18.6 Å². The molecule has 1 rings (SSSR count). The molecule has 1 aliphatic rings. The van der Waals surface area contributed by atoms with Crippen LogP contribution in [0.2, 0.25) is 0 Å². The van der Waals surface area contributed by atoms with E-state index in [1.165, 1.54) is 4.31 Å². The Balaban J connectivity index is 2.41. The Bertz CT molecular complexity index is 444. The van der Waals surface area contributed by atoms with Gasteiger partial charge in [0, 0.05) is 30.1 Å². The molecule has 0 spiro atoms. The van der Waals surface area contributed by atoms with Crippen molar-refractivity contribution in [3.8, 4) is 0 Å². The number of rotatable bonds is 6. The van der Waals surface area contributed by atoms with Crippen molar-refractivity contribution in [2.75, 3.05) is 31.1 Å². The molecule has 1 saturated heterocycles. The largest absolute Gasteiger partial charge is 0.355 e. The highest BCUT2D eigenvalue weighted by Crippen LogP contribution is 2.22. The van der Waals surface area contributed by atoms with Gasteiger partial charge in [0.1, 0.15) is 0 Å². The lowest BCUT2D eigenvalue weighted by Gasteiger charge is -2.31. The molecule has 1 fully saturated rings. The zero-order valence-electron chi connectivity index (χ0n) is 13.5. The van der Waals surface area contributed by atoms with Crippen molar-refractivity contribution < 1.29 is 13.2 Å². The van der Waals surface area contributed by atoms with Crippen LogP contribution in [0.15, 0.2) is 0 Å². The molecular formula is C14H28N2O3S2. The minimum Gasteiger partial charge on any atom is -0.355 e. The smallest absolute Gasteiger partial charge is 0.224 e. The fraction of sp³-hybridized carbons (Fsp3) is 0.929. The van der Waals surface area contributed by atoms with E-state index in [4.69, 9.17) is 0 Å². The summed E-state index contributed by atoms with van der Waals surface area (Å²) in [5.74, 6) is 0.753. The van der Waals surface area contributed by atoms with Gasteiger partial charge >= 0.3 is 0 Å². The fourth-order valence-corrected chi connectivity index (χ4v) is 4.26. The Morgan fingerprint density at radius 3 is 2.62 bits per heavy atom. The van der Waals surface area contributed by atoms with E-state index in [1.54, 1.807) is 6.92 Å². The van der Waals surface area contributed by atoms with Crippen LogP contribution in [-0.2, 0) is 14.8 Å². The Morgan fingerprint density at radius 1 is 1.38 bits per heavy atom. The standard InChI is InChI=1S/C14H28N2O3S2/c1-5-21(18,19)16-9-6-7-12(11-16)13(17)15-8-10-20-14(2,3)4/h12H,5-11H2,1-4H3,(H,15,17). The summed E-state index contributed by atoms with van der Waals surface area (Å²) in [5.41, 5.74) is 0. The summed E-state index contributed by atoms with van der Waals surface area (Å²) in [7, 11) is -3.18. The first-order valence-corrected chi connectivity index (χ1v) is 10.1. The number of carbonyl (C=O) groups excluding carboxylic acids is 1. The van der Waals surface area contributed by atoms with Gasteiger partial charge in [0.2, 0.25) is 15.9 Å². The maximum atomic E-state index is 12.1. The maximum Gasteiger partial charge on any atom is 0.224 e. The molecular weight excluding hydrogens is 308 g/mol. The molecule has 1 N–H and O–H groups in total. The van der Waals surface area contributed by atoms with Gasteiger partial charge in [-0.25, -0.2) is 12.7 Å². The third kappa shape index (κ3) is 6.57. The molecule has 0 aliphatic carbocycles. The summed E-state index contributed by atoms with van der Waals surface area (Å²) in [6.07, 6.45) is 1.53. The predicted octanol–water partition coefficient (Wildman–Crippen LogP) is 1.70. The Labute approximate surface area is 133 Å². The van der Waals surface area contributed by atoms with Crippen LogP contribution in [0.1, 0.15) is 40.5 Å². The number of thioether (sulfide) groups is 1. The van der Waals surface area contributed by atoms with Gasteiger partial charge in [0.25, 0.3) is 0 Å². The molecule has 0 aromatic heterocycles. The second kappa shape index (κ2) is 7.83. The number of nitrogens with zero attached hydrogens (tertiary/aromatic N) is 1. The van der Waals surface area contributed by atoms with Crippen molar-refractivity contribution in [1.82, 2.24) is 9.62 Å². The molecule has 1 amide bonds. The SMILES string of the molecule is CCS(=O)(=O)N1CCCC(C(=O)NCCSC(C)(C)C)C1. The zero-order valence-corrected chi connectivity index (χ0v) is 15.1. The van der Waals surface area contributed by atoms with Crippen LogP contribution in [-0.4, -0.2) is 54.5 Å². The van der Waals surface area contributed by atoms with E-state index >= 15 is 0 Å². The summed E-state index contributed by atoms with van der Waals surface area (Å²) in [6.45, 7) is 9.59. The van der Waals surface area contributed by atoms with E-state index in [1.807, 2.05) is 11.8 Å². The number of sulfonamides is 1. The Hall–Kier alpha value is -0.270. The van der Waals surface area contributed by atoms with Gasteiger partial charge in [-0.15, -0.1) is 0 Å². The maximum absolute atomic E-state index is 12.1. The highest BCUT2D eigenvalue weighted by atomic mass is 32.2. The normalized spacial score (nSPS) is 21.2. The highest BCUT2D eigenvalue weighted by molar-refractivity contribution is 8.00. The van der Waals surface area contributed by atoms with Gasteiger partial charge in [0.15, 0.2) is 0 Å². The van der Waals surface area contributed by atoms with Crippen molar-refractivity contribution in [2.24, 2.45) is 5.92 Å². The molecule has 0 aromatic rings. The molecule has 0 radical (unpaired) electrons. The predicted molar refractivity (Wildman–Crippen MR) is 89.0 cm³/mol. The first-order valence-electron chi connectivity index (χ1n) is 7.55. The van der Waals surface area contributed by atoms with Gasteiger partial charge in [-0.3, -0.25) is 4.79 Å². The van der Waals surface area contributed by atoms with E-state index in [-0.39, 0.29) is 22.3 Å². The van der Waals surface area contributed by atoms with E-state index in [0.29, 0.717) is 19.6 Å². The van der Waals surface area contributed by atoms with Gasteiger partial charge in [-0.1, -0.05) is 20.8 Å². The van der Waals surface area contributed by atoms with Crippen molar-refractivity contribution >= 4 is 27.7 Å². The Morgan fingerprint density at radius 2 is 2.05 bits per heavy atom. The monoisotopic (exact) mass is 336 g/mol. The van der Waals surface area contributed by atoms with E-state index < -0.39 is 10.0 Å². The molecule has 1 heterocycles. The molecule has 0 bridgehead atoms. The number of nitrogens with one attached hydrogen (secondary N) is 1. The molecule has 124 valence electrons. The van der Waals surface area contributed by atoms with Gasteiger partial charge < -0.3 is 5.32 Å². The third-order valence-electron chi connectivity index (χ3n) is 3.45. The molecule has 0 saturated carbocycles. The van der Waals surface area contributed by atoms with Crippen molar-refractivity contribution in [1.29, 1.82) is 0 Å². The van der Waals surface area contributed by atoms with Gasteiger partial charge in [-0.2, -0.15) is 11.8 Å². The second-order valence-corrected chi connectivity index (χ2v) is 10.5. The number of piperidine rings is 1. The molecule has 0 aromatic carbocycles. The summed E-state index contributed by atoms with van der Waals surface area (Å²) in [4.78, 5) is 12.1. The van der Waals surface area contributed by atoms with Gasteiger partial charge in [0.05, 0.1) is 11.7 Å². The topological polar surface area (TPSA) is 66.5 Å². The van der Waals surface area contributed by atoms with Crippen LogP contribution in [0.5, 0.6) is 0 Å². The second-order valence-electron chi connectivity index (χ2n) is 6.35. The van der Waals surface area contributed by atoms with E-state index in [9.17, 15) is 13.2 Å². The van der Waals surface area contributed by atoms with Crippen LogP contribution in [0, 0.1) is 5.92 Å². The quantitative estimate of drug-likeness (QED) is 0.750. The van der Waals surface area contributed by atoms with Crippen LogP contribution in [0.3, 0.4) is 0 Å². The summed E-state index contributed by atoms with van der Waals surface area (Å²) < 4.78 is 25.4.